The maximum atomic E-state index is 10.5. The van der Waals surface area contributed by atoms with E-state index in [9.17, 15) is 25.8 Å². The molecule has 0 bridgehead atoms. The summed E-state index contributed by atoms with van der Waals surface area (Å²) in [7, 11) is -4.02. The van der Waals surface area contributed by atoms with Crippen LogP contribution < -0.4 is 23.0 Å². The molecule has 30 heteroatoms. The van der Waals surface area contributed by atoms with Crippen LogP contribution in [0.4, 0.5) is 17.3 Å². The maximum absolute atomic E-state index is 10.5. The number of benzene rings is 1. The van der Waals surface area contributed by atoms with Crippen molar-refractivity contribution in [1.82, 2.24) is 0 Å². The van der Waals surface area contributed by atoms with Gasteiger partial charge in [0.25, 0.3) is 10.1 Å². The Bertz CT molecular complexity index is 915. The van der Waals surface area contributed by atoms with E-state index >= 15 is 0 Å². The van der Waals surface area contributed by atoms with Crippen LogP contribution in [0.2, 0.25) is 0 Å². The Kier molecular flexibility index (Phi) is 29.4. The molecule has 0 spiro atoms. The average Bonchev–Trinajstić information content (AvgIpc) is 2.37. The van der Waals surface area contributed by atoms with Crippen LogP contribution in [-0.4, -0.2) is 123 Å². The first-order chi connectivity index (χ1) is 15.0. The first-order valence-corrected chi connectivity index (χ1v) is 23.9. The van der Waals surface area contributed by atoms with Gasteiger partial charge in [0.2, 0.25) is 0 Å². The Morgan fingerprint density at radius 1 is 0.622 bits per heavy atom. The molecule has 1 aromatic rings. The van der Waals surface area contributed by atoms with E-state index < -0.39 is 83.3 Å². The van der Waals surface area contributed by atoms with Gasteiger partial charge in [-0.25, -0.2) is 0 Å². The minimum Gasteiger partial charge on any atom is 1.00 e. The number of halogens is 5. The van der Waals surface area contributed by atoms with E-state index in [2.05, 4.69) is 0 Å². The smallest absolute Gasteiger partial charge is 1.00 e. The molecule has 0 saturated carbocycles. The third-order valence-corrected chi connectivity index (χ3v) is 2.19. The molecule has 37 heavy (non-hydrogen) atoms. The number of hydrogen-bond acceptors (Lipinski definition) is 8. The molecule has 1 rings (SSSR count). The van der Waals surface area contributed by atoms with E-state index in [4.69, 9.17) is 64.2 Å². The Hall–Kier alpha value is 0.770. The first-order valence-electron chi connectivity index (χ1n) is 6.78. The molecule has 0 aliphatic carbocycles. The van der Waals surface area contributed by atoms with Crippen LogP contribution >= 0.6 is 0 Å². The van der Waals surface area contributed by atoms with Crippen molar-refractivity contribution in [3.8, 4) is 0 Å². The zero-order valence-electron chi connectivity index (χ0n) is 17.6. The second kappa shape index (κ2) is 21.5. The average molecular weight is 898 g/mol. The van der Waals surface area contributed by atoms with Gasteiger partial charge >= 0.3 is 169 Å². The van der Waals surface area contributed by atoms with Crippen LogP contribution in [0.1, 0.15) is 5.56 Å². The first kappa shape index (κ1) is 50.6. The standard InChI is InChI=1S/C7H8O3S.5AsFH2O3.Li/c1-6-2-4-7(5-3-6)11(8,9)10;5*2-1(3,4)5;/h2-5H,1H3,(H,8,9,10);5*(H2,3,4,5);/q;;;;;;+1/p-1. The van der Waals surface area contributed by atoms with Gasteiger partial charge in [0.15, 0.2) is 0 Å². The van der Waals surface area contributed by atoms with Crippen molar-refractivity contribution in [2.45, 2.75) is 11.8 Å². The molecule has 0 fully saturated rings. The molecule has 18 nitrogen and oxygen atoms in total. The summed E-state index contributed by atoms with van der Waals surface area (Å²) in [6, 6.07) is 5.99. The minimum atomic E-state index is -5.88. The number of rotatable bonds is 1. The van der Waals surface area contributed by atoms with Crippen LogP contribution in [0, 0.1) is 6.92 Å². The van der Waals surface area contributed by atoms with E-state index in [1.165, 1.54) is 12.1 Å². The third-order valence-electron chi connectivity index (χ3n) is 1.32. The van der Waals surface area contributed by atoms with Gasteiger partial charge in [-0.2, -0.15) is 8.42 Å². The second-order valence-electron chi connectivity index (χ2n) is 4.63. The molecule has 1 unspecified atom stereocenters. The van der Waals surface area contributed by atoms with Crippen LogP contribution in [0.25, 0.3) is 0 Å². The molecule has 10 N–H and O–H groups in total. The van der Waals surface area contributed by atoms with Crippen LogP contribution in [0.15, 0.2) is 29.2 Å². The summed E-state index contributed by atoms with van der Waals surface area (Å²) < 4.78 is 197. The molecule has 0 radical (unpaired) electrons. The summed E-state index contributed by atoms with van der Waals surface area (Å²) in [5.74, 6) is 0. The molecule has 0 aliphatic heterocycles. The van der Waals surface area contributed by atoms with Crippen molar-refractivity contribution in [3.63, 3.8) is 0 Å². The number of aryl methyl sites for hydroxylation is 1. The van der Waals surface area contributed by atoms with E-state index in [1.807, 2.05) is 6.92 Å². The van der Waals surface area contributed by atoms with Gasteiger partial charge < -0.3 is 0 Å². The fraction of sp³-hybridized carbons (Fsp3) is 0.143. The van der Waals surface area contributed by atoms with Crippen LogP contribution in [0.5, 0.6) is 0 Å². The largest absolute Gasteiger partial charge is 1.00 e. The van der Waals surface area contributed by atoms with Crippen LogP contribution in [0.3, 0.4) is 0 Å². The minimum absolute atomic E-state index is 0. The van der Waals surface area contributed by atoms with E-state index in [0.29, 0.717) is 0 Å². The molecule has 0 amide bonds. The third kappa shape index (κ3) is 158. The van der Waals surface area contributed by atoms with Crippen molar-refractivity contribution >= 4 is 83.3 Å². The zero-order chi connectivity index (χ0) is 31.0. The maximum Gasteiger partial charge on any atom is 1.00 e. The van der Waals surface area contributed by atoms with E-state index in [1.54, 1.807) is 12.1 Å². The number of hydrogen-bond donors (Lipinski definition) is 10. The SMILES string of the molecule is Cc1ccc(S(=O)(=O)O)cc1.O=[As](O)(O)F.O=[As](O)(O)F.O=[As](O)(O)F.O=[As](O)(O)F.O=[As]([O-])(O)F.[Li+]. The molecular formula is C7H17As5F5LiO18S. The van der Waals surface area contributed by atoms with Crippen molar-refractivity contribution in [2.75, 3.05) is 0 Å². The van der Waals surface area contributed by atoms with Gasteiger partial charge in [-0.3, -0.25) is 4.55 Å². The topological polar surface area (TPSA) is 345 Å². The van der Waals surface area contributed by atoms with Gasteiger partial charge in [0.05, 0.1) is 4.90 Å². The second-order valence-corrected chi connectivity index (χ2v) is 15.9. The van der Waals surface area contributed by atoms with Crippen molar-refractivity contribution in [1.29, 1.82) is 0 Å². The normalized spacial score (nSPS) is 12.7. The van der Waals surface area contributed by atoms with Crippen LogP contribution in [-0.2, 0) is 28.8 Å². The summed E-state index contributed by atoms with van der Waals surface area (Å²) in [6.45, 7) is 1.84. The summed E-state index contributed by atoms with van der Waals surface area (Å²) in [5.41, 5.74) is 0.956. The molecule has 0 aliphatic rings. The Balaban J connectivity index is -0.0000000812. The van der Waals surface area contributed by atoms with Gasteiger partial charge in [-0.05, 0) is 19.1 Å². The predicted octanol–water partition coefficient (Wildman–Crippen LogP) is -8.35. The predicted molar refractivity (Wildman–Crippen MR) is 98.7 cm³/mol. The summed E-state index contributed by atoms with van der Waals surface area (Å²) in [5, 5.41) is 0. The van der Waals surface area contributed by atoms with Gasteiger partial charge in [0.1, 0.15) is 0 Å². The van der Waals surface area contributed by atoms with Gasteiger partial charge in [-0.1, -0.05) is 17.7 Å². The molecule has 1 atom stereocenters. The molecular weight excluding hydrogens is 881 g/mol. The molecule has 0 heterocycles. The van der Waals surface area contributed by atoms with Crippen molar-refractivity contribution < 1.29 is 109 Å². The fourth-order valence-electron chi connectivity index (χ4n) is 0.710. The summed E-state index contributed by atoms with van der Waals surface area (Å²) in [4.78, 5) is -0.0666. The van der Waals surface area contributed by atoms with Crippen molar-refractivity contribution in [2.24, 2.45) is 0 Å². The molecule has 220 valence electrons. The zero-order valence-corrected chi connectivity index (χ0v) is 27.8. The molecule has 1 aromatic carbocycles. The molecule has 0 aromatic heterocycles. The van der Waals surface area contributed by atoms with Gasteiger partial charge in [0, 0.05) is 0 Å². The van der Waals surface area contributed by atoms with E-state index in [-0.39, 0.29) is 23.8 Å². The van der Waals surface area contributed by atoms with Crippen molar-refractivity contribution in [3.05, 3.63) is 29.8 Å². The Labute approximate surface area is 232 Å². The summed E-state index contributed by atoms with van der Waals surface area (Å²) in [6.07, 6.45) is 0. The molecule has 0 saturated heterocycles. The van der Waals surface area contributed by atoms with E-state index in [0.717, 1.165) is 5.56 Å². The monoisotopic (exact) mass is 898 g/mol. The summed E-state index contributed by atoms with van der Waals surface area (Å²) >= 11 is -28.4. The fourth-order valence-corrected chi connectivity index (χ4v) is 1.19. The quantitative estimate of drug-likeness (QED) is 0.0711. The Morgan fingerprint density at radius 3 is 0.865 bits per heavy atom. The Morgan fingerprint density at radius 2 is 0.757 bits per heavy atom. The van der Waals surface area contributed by atoms with Gasteiger partial charge in [-0.15, -0.1) is 0 Å².